The molecule has 2 unspecified atom stereocenters. The number of hydrogen-bond acceptors (Lipinski definition) is 3. The molecule has 0 aromatic heterocycles. The molecule has 4 nitrogen and oxygen atoms in total. The first-order valence-electron chi connectivity index (χ1n) is 7.44. The highest BCUT2D eigenvalue weighted by Gasteiger charge is 2.34. The minimum atomic E-state index is -0.844. The number of benzene rings is 1. The molecule has 0 saturated carbocycles. The first-order valence-corrected chi connectivity index (χ1v) is 7.44. The van der Waals surface area contributed by atoms with Crippen LogP contribution in [-0.4, -0.2) is 42.2 Å². The van der Waals surface area contributed by atoms with E-state index in [1.807, 2.05) is 12.1 Å². The maximum Gasteiger partial charge on any atom is 0.312 e. The summed E-state index contributed by atoms with van der Waals surface area (Å²) in [6, 6.07) is 8.10. The molecule has 3 N–H and O–H groups in total. The lowest BCUT2D eigenvalue weighted by molar-refractivity contribution is -0.138. The maximum absolute atomic E-state index is 11.1. The van der Waals surface area contributed by atoms with Crippen molar-refractivity contribution in [2.45, 2.75) is 24.7 Å². The number of carbonyl (C=O) groups is 1. The van der Waals surface area contributed by atoms with E-state index in [2.05, 4.69) is 17.0 Å². The Bertz CT molecular complexity index is 478. The molecule has 0 aliphatic carbocycles. The predicted molar refractivity (Wildman–Crippen MR) is 77.8 cm³/mol. The Labute approximate surface area is 119 Å². The van der Waals surface area contributed by atoms with Crippen molar-refractivity contribution in [3.63, 3.8) is 0 Å². The first-order chi connectivity index (χ1) is 9.69. The Morgan fingerprint density at radius 3 is 2.40 bits per heavy atom. The number of piperidine rings is 3. The molecule has 1 aromatic rings. The summed E-state index contributed by atoms with van der Waals surface area (Å²) >= 11 is 0. The second-order valence-electron chi connectivity index (χ2n) is 6.04. The second kappa shape index (κ2) is 5.54. The van der Waals surface area contributed by atoms with E-state index in [0.717, 1.165) is 18.0 Å². The monoisotopic (exact) mass is 274 g/mol. The van der Waals surface area contributed by atoms with Crippen molar-refractivity contribution in [1.82, 2.24) is 4.90 Å². The van der Waals surface area contributed by atoms with E-state index in [9.17, 15) is 4.79 Å². The van der Waals surface area contributed by atoms with Crippen LogP contribution in [0.2, 0.25) is 0 Å². The summed E-state index contributed by atoms with van der Waals surface area (Å²) in [7, 11) is 0. The molecule has 3 fully saturated rings. The zero-order valence-corrected chi connectivity index (χ0v) is 11.7. The standard InChI is InChI=1S/C16H22N2O2/c17-9-14(16(19)20)11-1-3-12(4-2-11)15-10-18-7-5-13(15)6-8-18/h1-4,13-15H,5-10,17H2,(H,19,20). The number of rotatable bonds is 4. The van der Waals surface area contributed by atoms with Crippen LogP contribution in [0, 0.1) is 5.92 Å². The van der Waals surface area contributed by atoms with E-state index in [-0.39, 0.29) is 6.54 Å². The van der Waals surface area contributed by atoms with Crippen LogP contribution in [0.5, 0.6) is 0 Å². The van der Waals surface area contributed by atoms with E-state index >= 15 is 0 Å². The third kappa shape index (κ3) is 2.45. The quantitative estimate of drug-likeness (QED) is 0.875. The molecule has 0 radical (unpaired) electrons. The highest BCUT2D eigenvalue weighted by atomic mass is 16.4. The first kappa shape index (κ1) is 13.6. The summed E-state index contributed by atoms with van der Waals surface area (Å²) in [5.74, 6) is -0.0120. The fraction of sp³-hybridized carbons (Fsp3) is 0.562. The van der Waals surface area contributed by atoms with Gasteiger partial charge in [-0.05, 0) is 48.9 Å². The summed E-state index contributed by atoms with van der Waals surface area (Å²) in [5, 5.41) is 9.14. The van der Waals surface area contributed by atoms with Gasteiger partial charge in [-0.3, -0.25) is 4.79 Å². The molecule has 4 rings (SSSR count). The van der Waals surface area contributed by atoms with Crippen LogP contribution in [0.3, 0.4) is 0 Å². The van der Waals surface area contributed by atoms with E-state index in [0.29, 0.717) is 5.92 Å². The largest absolute Gasteiger partial charge is 0.481 e. The van der Waals surface area contributed by atoms with Gasteiger partial charge in [0.25, 0.3) is 0 Å². The van der Waals surface area contributed by atoms with Crippen molar-refractivity contribution in [1.29, 1.82) is 0 Å². The number of hydrogen-bond donors (Lipinski definition) is 2. The summed E-state index contributed by atoms with van der Waals surface area (Å²) < 4.78 is 0. The van der Waals surface area contributed by atoms with Crippen LogP contribution in [0.4, 0.5) is 0 Å². The Kier molecular flexibility index (Phi) is 3.76. The van der Waals surface area contributed by atoms with Gasteiger partial charge < -0.3 is 15.7 Å². The van der Waals surface area contributed by atoms with Crippen molar-refractivity contribution in [2.24, 2.45) is 11.7 Å². The molecule has 3 heterocycles. The van der Waals surface area contributed by atoms with Crippen molar-refractivity contribution in [3.8, 4) is 0 Å². The molecule has 2 bridgehead atoms. The Morgan fingerprint density at radius 2 is 1.95 bits per heavy atom. The fourth-order valence-electron chi connectivity index (χ4n) is 3.70. The Morgan fingerprint density at radius 1 is 1.30 bits per heavy atom. The van der Waals surface area contributed by atoms with Crippen molar-refractivity contribution in [2.75, 3.05) is 26.2 Å². The van der Waals surface area contributed by atoms with E-state index in [1.54, 1.807) is 0 Å². The summed E-state index contributed by atoms with van der Waals surface area (Å²) in [6.45, 7) is 3.79. The van der Waals surface area contributed by atoms with E-state index in [1.165, 1.54) is 31.5 Å². The molecule has 0 spiro atoms. The average Bonchev–Trinajstić information content (AvgIpc) is 2.49. The number of aliphatic carboxylic acids is 1. The molecule has 3 saturated heterocycles. The lowest BCUT2D eigenvalue weighted by Gasteiger charge is -2.45. The van der Waals surface area contributed by atoms with Gasteiger partial charge in [0.2, 0.25) is 0 Å². The summed E-state index contributed by atoms with van der Waals surface area (Å²) in [4.78, 5) is 13.7. The molecule has 2 atom stereocenters. The van der Waals surface area contributed by atoms with Gasteiger partial charge in [0, 0.05) is 13.1 Å². The predicted octanol–water partition coefficient (Wildman–Crippen LogP) is 1.62. The number of fused-ring (bicyclic) bond motifs is 3. The van der Waals surface area contributed by atoms with Crippen molar-refractivity contribution in [3.05, 3.63) is 35.4 Å². The normalized spacial score (nSPS) is 30.1. The second-order valence-corrected chi connectivity index (χ2v) is 6.04. The average molecular weight is 274 g/mol. The third-order valence-corrected chi connectivity index (χ3v) is 4.96. The molecule has 4 heteroatoms. The summed E-state index contributed by atoms with van der Waals surface area (Å²) in [5.41, 5.74) is 7.71. The van der Waals surface area contributed by atoms with Crippen LogP contribution in [0.15, 0.2) is 24.3 Å². The minimum Gasteiger partial charge on any atom is -0.481 e. The zero-order chi connectivity index (χ0) is 14.1. The molecule has 0 amide bonds. The van der Waals surface area contributed by atoms with Gasteiger partial charge in [-0.1, -0.05) is 24.3 Å². The molecule has 108 valence electrons. The lowest BCUT2D eigenvalue weighted by atomic mass is 9.75. The van der Waals surface area contributed by atoms with Crippen molar-refractivity contribution >= 4 is 5.97 Å². The van der Waals surface area contributed by atoms with Crippen LogP contribution in [-0.2, 0) is 4.79 Å². The van der Waals surface area contributed by atoms with Gasteiger partial charge in [-0.2, -0.15) is 0 Å². The Balaban J connectivity index is 1.78. The van der Waals surface area contributed by atoms with Gasteiger partial charge in [0.05, 0.1) is 5.92 Å². The molecule has 3 aliphatic rings. The number of carboxylic acid groups (broad SMARTS) is 1. The van der Waals surface area contributed by atoms with Gasteiger partial charge >= 0.3 is 5.97 Å². The molecule has 3 aliphatic heterocycles. The fourth-order valence-corrected chi connectivity index (χ4v) is 3.70. The van der Waals surface area contributed by atoms with Crippen LogP contribution < -0.4 is 5.73 Å². The van der Waals surface area contributed by atoms with Gasteiger partial charge in [0.1, 0.15) is 0 Å². The van der Waals surface area contributed by atoms with Gasteiger partial charge in [-0.15, -0.1) is 0 Å². The number of nitrogens with zero attached hydrogens (tertiary/aromatic N) is 1. The molecule has 1 aromatic carbocycles. The Hall–Kier alpha value is -1.39. The van der Waals surface area contributed by atoms with Gasteiger partial charge in [-0.25, -0.2) is 0 Å². The molecular formula is C16H22N2O2. The molecular weight excluding hydrogens is 252 g/mol. The minimum absolute atomic E-state index is 0.147. The highest BCUT2D eigenvalue weighted by Crippen LogP contribution is 2.39. The van der Waals surface area contributed by atoms with Crippen molar-refractivity contribution < 1.29 is 9.90 Å². The number of carboxylic acids is 1. The third-order valence-electron chi connectivity index (χ3n) is 4.96. The lowest BCUT2D eigenvalue weighted by Crippen LogP contribution is -2.46. The van der Waals surface area contributed by atoms with Crippen LogP contribution in [0.1, 0.15) is 35.8 Å². The van der Waals surface area contributed by atoms with E-state index in [4.69, 9.17) is 10.8 Å². The van der Waals surface area contributed by atoms with Crippen LogP contribution >= 0.6 is 0 Å². The number of nitrogens with two attached hydrogens (primary N) is 1. The topological polar surface area (TPSA) is 66.6 Å². The summed E-state index contributed by atoms with van der Waals surface area (Å²) in [6.07, 6.45) is 2.60. The smallest absolute Gasteiger partial charge is 0.312 e. The zero-order valence-electron chi connectivity index (χ0n) is 11.7. The molecule has 20 heavy (non-hydrogen) atoms. The highest BCUT2D eigenvalue weighted by molar-refractivity contribution is 5.76. The maximum atomic E-state index is 11.1. The SMILES string of the molecule is NCC(C(=O)O)c1ccc(C2CN3CCC2CC3)cc1. The van der Waals surface area contributed by atoms with Crippen LogP contribution in [0.25, 0.3) is 0 Å². The van der Waals surface area contributed by atoms with Gasteiger partial charge in [0.15, 0.2) is 0 Å². The van der Waals surface area contributed by atoms with E-state index < -0.39 is 11.9 Å².